The maximum absolute atomic E-state index is 9.28. The Morgan fingerprint density at radius 3 is 2.68 bits per heavy atom. The number of pyridine rings is 1. The maximum Gasteiger partial charge on any atom is 0.120 e. The van der Waals surface area contributed by atoms with Crippen LogP contribution in [0.4, 0.5) is 0 Å². The Bertz CT molecular complexity index is 942. The molecule has 2 aromatic carbocycles. The van der Waals surface area contributed by atoms with Crippen LogP contribution < -0.4 is 4.74 Å². The van der Waals surface area contributed by atoms with Crippen LogP contribution in [0.25, 0.3) is 28.2 Å². The van der Waals surface area contributed by atoms with Crippen molar-refractivity contribution < 1.29 is 9.84 Å². The fourth-order valence-electron chi connectivity index (χ4n) is 3.02. The van der Waals surface area contributed by atoms with E-state index < -0.39 is 0 Å². The van der Waals surface area contributed by atoms with Crippen LogP contribution in [0.15, 0.2) is 73.3 Å². The predicted octanol–water partition coefficient (Wildman–Crippen LogP) is 6.03. The van der Waals surface area contributed by atoms with E-state index in [1.54, 1.807) is 6.08 Å². The average Bonchev–Trinajstić information content (AvgIpc) is 2.71. The van der Waals surface area contributed by atoms with Crippen molar-refractivity contribution in [2.75, 3.05) is 6.61 Å². The summed E-state index contributed by atoms with van der Waals surface area (Å²) in [6.45, 7) is 6.00. The number of hydrogen-bond acceptors (Lipinski definition) is 3. The molecule has 28 heavy (non-hydrogen) atoms. The highest BCUT2D eigenvalue weighted by atomic mass is 16.5. The molecule has 0 radical (unpaired) electrons. The molecule has 0 spiro atoms. The number of aromatic nitrogens is 1. The Labute approximate surface area is 167 Å². The first-order valence-electron chi connectivity index (χ1n) is 9.75. The number of nitrogens with zero attached hydrogens (tertiary/aromatic N) is 1. The minimum atomic E-state index is -0.214. The second kappa shape index (κ2) is 9.86. The topological polar surface area (TPSA) is 42.4 Å². The van der Waals surface area contributed by atoms with Gasteiger partial charge in [-0.1, -0.05) is 55.1 Å². The third kappa shape index (κ3) is 5.54. The highest BCUT2D eigenvalue weighted by molar-refractivity contribution is 5.83. The van der Waals surface area contributed by atoms with Gasteiger partial charge in [0.05, 0.1) is 17.3 Å². The molecular formula is C25H27NO2. The molecule has 0 aliphatic carbocycles. The Kier molecular flexibility index (Phi) is 6.99. The normalized spacial score (nSPS) is 12.4. The zero-order valence-electron chi connectivity index (χ0n) is 16.3. The fourth-order valence-corrected chi connectivity index (χ4v) is 3.02. The molecule has 3 rings (SSSR count). The van der Waals surface area contributed by atoms with Crippen LogP contribution in [0.2, 0.25) is 0 Å². The third-order valence-electron chi connectivity index (χ3n) is 4.54. The summed E-state index contributed by atoms with van der Waals surface area (Å²) in [6.07, 6.45) is 8.65. The van der Waals surface area contributed by atoms with Gasteiger partial charge in [0, 0.05) is 10.9 Å². The lowest BCUT2D eigenvalue weighted by Crippen LogP contribution is -1.97. The van der Waals surface area contributed by atoms with Gasteiger partial charge in [-0.2, -0.15) is 0 Å². The largest absolute Gasteiger partial charge is 0.490 e. The summed E-state index contributed by atoms with van der Waals surface area (Å²) in [5.74, 6) is 0.825. The Balaban J connectivity index is 1.68. The smallest absolute Gasteiger partial charge is 0.120 e. The zero-order chi connectivity index (χ0) is 19.8. The van der Waals surface area contributed by atoms with Crippen LogP contribution in [-0.4, -0.2) is 22.8 Å². The first kappa shape index (κ1) is 19.8. The van der Waals surface area contributed by atoms with Crippen molar-refractivity contribution >= 4 is 17.0 Å². The number of aliphatic hydroxyl groups excluding tert-OH is 1. The number of hydrogen-bond donors (Lipinski definition) is 1. The van der Waals surface area contributed by atoms with Crippen molar-refractivity contribution in [3.63, 3.8) is 0 Å². The Morgan fingerprint density at radius 2 is 1.93 bits per heavy atom. The molecule has 1 aromatic heterocycles. The molecule has 0 aliphatic heterocycles. The molecule has 1 N–H and O–H groups in total. The summed E-state index contributed by atoms with van der Waals surface area (Å²) < 4.78 is 5.59. The Hall–Kier alpha value is -2.91. The molecule has 0 aliphatic rings. The van der Waals surface area contributed by atoms with Gasteiger partial charge in [-0.3, -0.25) is 0 Å². The summed E-state index contributed by atoms with van der Waals surface area (Å²) in [5.41, 5.74) is 4.18. The summed E-state index contributed by atoms with van der Waals surface area (Å²) in [4.78, 5) is 4.78. The van der Waals surface area contributed by atoms with Crippen LogP contribution >= 0.6 is 0 Å². The zero-order valence-corrected chi connectivity index (χ0v) is 16.3. The molecule has 1 unspecified atom stereocenters. The van der Waals surface area contributed by atoms with Gasteiger partial charge in [0.2, 0.25) is 0 Å². The number of unbranched alkanes of at least 4 members (excludes halogenated alkanes) is 1. The van der Waals surface area contributed by atoms with Crippen molar-refractivity contribution in [3.05, 3.63) is 78.9 Å². The third-order valence-corrected chi connectivity index (χ3v) is 4.54. The fraction of sp³-hybridized carbons (Fsp3) is 0.240. The van der Waals surface area contributed by atoms with Gasteiger partial charge in [0.1, 0.15) is 12.4 Å². The molecule has 3 aromatic rings. The highest BCUT2D eigenvalue weighted by Crippen LogP contribution is 2.24. The van der Waals surface area contributed by atoms with E-state index in [9.17, 15) is 5.11 Å². The maximum atomic E-state index is 9.28. The average molecular weight is 373 g/mol. The van der Waals surface area contributed by atoms with Gasteiger partial charge in [-0.15, -0.1) is 0 Å². The van der Waals surface area contributed by atoms with E-state index in [0.29, 0.717) is 6.61 Å². The van der Waals surface area contributed by atoms with Crippen LogP contribution in [0, 0.1) is 0 Å². The van der Waals surface area contributed by atoms with E-state index in [1.165, 1.54) is 5.56 Å². The molecule has 3 heteroatoms. The standard InChI is InChI=1S/C25H27NO2/c1-3-17-28-23-14-16-25-22(18-23)13-15-24(26-25)21-11-9-20(10-12-21)8-6-4-5-7-19(2)27/h3,6,8-16,18-19,27H,1,4-5,7,17H2,2H3/b8-6+. The van der Waals surface area contributed by atoms with E-state index >= 15 is 0 Å². The molecule has 144 valence electrons. The van der Waals surface area contributed by atoms with Gasteiger partial charge in [-0.25, -0.2) is 4.98 Å². The summed E-state index contributed by atoms with van der Waals surface area (Å²) >= 11 is 0. The van der Waals surface area contributed by atoms with E-state index in [4.69, 9.17) is 9.72 Å². The van der Waals surface area contributed by atoms with Crippen molar-refractivity contribution in [1.29, 1.82) is 0 Å². The molecular weight excluding hydrogens is 346 g/mol. The first-order chi connectivity index (χ1) is 13.7. The van der Waals surface area contributed by atoms with Gasteiger partial charge < -0.3 is 9.84 Å². The van der Waals surface area contributed by atoms with Crippen molar-refractivity contribution in [1.82, 2.24) is 4.98 Å². The number of rotatable bonds is 9. The summed E-state index contributed by atoms with van der Waals surface area (Å²) in [5, 5.41) is 10.3. The number of ether oxygens (including phenoxy) is 1. The molecule has 0 fully saturated rings. The Morgan fingerprint density at radius 1 is 1.11 bits per heavy atom. The molecule has 1 atom stereocenters. The lowest BCUT2D eigenvalue weighted by atomic mass is 10.1. The molecule has 0 saturated heterocycles. The highest BCUT2D eigenvalue weighted by Gasteiger charge is 2.03. The molecule has 0 bridgehead atoms. The lowest BCUT2D eigenvalue weighted by Gasteiger charge is -2.07. The SMILES string of the molecule is C=CCOc1ccc2nc(-c3ccc(/C=C/CCCC(C)O)cc3)ccc2c1. The van der Waals surface area contributed by atoms with Crippen LogP contribution in [-0.2, 0) is 0 Å². The monoisotopic (exact) mass is 373 g/mol. The number of benzene rings is 2. The van der Waals surface area contributed by atoms with Crippen LogP contribution in [0.1, 0.15) is 31.7 Å². The van der Waals surface area contributed by atoms with Crippen molar-refractivity contribution in [2.45, 2.75) is 32.3 Å². The molecule has 3 nitrogen and oxygen atoms in total. The van der Waals surface area contributed by atoms with Gasteiger partial charge in [-0.05, 0) is 56.0 Å². The summed E-state index contributed by atoms with van der Waals surface area (Å²) in [7, 11) is 0. The van der Waals surface area contributed by atoms with Crippen molar-refractivity contribution in [2.24, 2.45) is 0 Å². The van der Waals surface area contributed by atoms with Crippen molar-refractivity contribution in [3.8, 4) is 17.0 Å². The lowest BCUT2D eigenvalue weighted by molar-refractivity contribution is 0.182. The van der Waals surface area contributed by atoms with Gasteiger partial charge in [0.25, 0.3) is 0 Å². The second-order valence-corrected chi connectivity index (χ2v) is 6.95. The minimum Gasteiger partial charge on any atom is -0.490 e. The molecule has 0 amide bonds. The number of fused-ring (bicyclic) bond motifs is 1. The van der Waals surface area contributed by atoms with Gasteiger partial charge in [0.15, 0.2) is 0 Å². The van der Waals surface area contributed by atoms with Crippen LogP contribution in [0.5, 0.6) is 5.75 Å². The quantitative estimate of drug-likeness (QED) is 0.368. The van der Waals surface area contributed by atoms with E-state index in [2.05, 4.69) is 49.1 Å². The molecule has 1 heterocycles. The number of allylic oxidation sites excluding steroid dienone is 1. The molecule has 0 saturated carbocycles. The first-order valence-corrected chi connectivity index (χ1v) is 9.75. The minimum absolute atomic E-state index is 0.214. The predicted molar refractivity (Wildman–Crippen MR) is 117 cm³/mol. The van der Waals surface area contributed by atoms with Gasteiger partial charge >= 0.3 is 0 Å². The van der Waals surface area contributed by atoms with E-state index in [0.717, 1.165) is 47.2 Å². The second-order valence-electron chi connectivity index (χ2n) is 6.95. The van der Waals surface area contributed by atoms with E-state index in [-0.39, 0.29) is 6.10 Å². The summed E-state index contributed by atoms with van der Waals surface area (Å²) in [6, 6.07) is 18.5. The van der Waals surface area contributed by atoms with Crippen LogP contribution in [0.3, 0.4) is 0 Å². The van der Waals surface area contributed by atoms with E-state index in [1.807, 2.05) is 31.2 Å². The number of aliphatic hydroxyl groups is 1.